The van der Waals surface area contributed by atoms with Crippen LogP contribution in [0.2, 0.25) is 0 Å². The molecule has 0 radical (unpaired) electrons. The molecule has 2 aliphatic heterocycles. The van der Waals surface area contributed by atoms with E-state index in [0.717, 1.165) is 45.6 Å². The first-order valence-corrected chi connectivity index (χ1v) is 4.80. The molecule has 0 aromatic rings. The van der Waals surface area contributed by atoms with Gasteiger partial charge in [0.25, 0.3) is 0 Å². The summed E-state index contributed by atoms with van der Waals surface area (Å²) in [6.45, 7) is 3.57. The molecule has 0 amide bonds. The van der Waals surface area contributed by atoms with Gasteiger partial charge in [-0.15, -0.1) is 12.4 Å². The van der Waals surface area contributed by atoms with E-state index in [1.165, 1.54) is 0 Å². The maximum absolute atomic E-state index is 9.89. The zero-order valence-corrected chi connectivity index (χ0v) is 8.61. The first kappa shape index (κ1) is 11.2. The molecule has 0 bridgehead atoms. The van der Waals surface area contributed by atoms with E-state index >= 15 is 0 Å². The fourth-order valence-corrected chi connectivity index (χ4v) is 2.29. The molecule has 2 N–H and O–H groups in total. The summed E-state index contributed by atoms with van der Waals surface area (Å²) in [6, 6.07) is 0. The van der Waals surface area contributed by atoms with Gasteiger partial charge in [-0.2, -0.15) is 0 Å². The van der Waals surface area contributed by atoms with Crippen molar-refractivity contribution in [1.29, 1.82) is 0 Å². The van der Waals surface area contributed by atoms with Crippen LogP contribution in [0.4, 0.5) is 0 Å². The fraction of sp³-hybridized carbons (Fsp3) is 1.00. The van der Waals surface area contributed by atoms with Gasteiger partial charge in [-0.3, -0.25) is 0 Å². The van der Waals surface area contributed by atoms with Gasteiger partial charge < -0.3 is 15.2 Å². The van der Waals surface area contributed by atoms with E-state index in [-0.39, 0.29) is 23.9 Å². The second kappa shape index (κ2) is 4.60. The zero-order chi connectivity index (χ0) is 8.44. The van der Waals surface area contributed by atoms with E-state index in [4.69, 9.17) is 4.74 Å². The Balaban J connectivity index is 0.000000845. The van der Waals surface area contributed by atoms with Gasteiger partial charge in [0, 0.05) is 25.2 Å². The SMILES string of the molecule is Cl.OC1CCNCC12CCOCC2. The van der Waals surface area contributed by atoms with Crippen molar-refractivity contribution in [2.24, 2.45) is 5.41 Å². The van der Waals surface area contributed by atoms with E-state index in [0.29, 0.717) is 0 Å². The van der Waals surface area contributed by atoms with Crippen molar-refractivity contribution in [2.45, 2.75) is 25.4 Å². The summed E-state index contributed by atoms with van der Waals surface area (Å²) in [7, 11) is 0. The van der Waals surface area contributed by atoms with Crippen LogP contribution in [-0.2, 0) is 4.74 Å². The first-order chi connectivity index (χ1) is 5.83. The number of halogens is 1. The Morgan fingerprint density at radius 2 is 2.00 bits per heavy atom. The number of aliphatic hydroxyl groups excluding tert-OH is 1. The van der Waals surface area contributed by atoms with Crippen molar-refractivity contribution in [3.63, 3.8) is 0 Å². The molecule has 2 fully saturated rings. The van der Waals surface area contributed by atoms with Gasteiger partial charge >= 0.3 is 0 Å². The minimum atomic E-state index is -0.109. The molecule has 3 nitrogen and oxygen atoms in total. The number of ether oxygens (including phenoxy) is 1. The molecule has 2 rings (SSSR count). The normalized spacial score (nSPS) is 32.5. The molecule has 2 heterocycles. The predicted molar refractivity (Wildman–Crippen MR) is 53.2 cm³/mol. The lowest BCUT2D eigenvalue weighted by atomic mass is 9.72. The molecule has 2 aliphatic rings. The van der Waals surface area contributed by atoms with Gasteiger partial charge in [0.2, 0.25) is 0 Å². The number of hydrogen-bond donors (Lipinski definition) is 2. The Morgan fingerprint density at radius 3 is 2.62 bits per heavy atom. The molecule has 78 valence electrons. The number of piperidine rings is 1. The quantitative estimate of drug-likeness (QED) is 0.610. The third-order valence-corrected chi connectivity index (χ3v) is 3.27. The Kier molecular flexibility index (Phi) is 3.98. The summed E-state index contributed by atoms with van der Waals surface area (Å²) in [5, 5.41) is 13.2. The maximum atomic E-state index is 9.89. The molecule has 1 atom stereocenters. The van der Waals surface area contributed by atoms with Crippen LogP contribution < -0.4 is 5.32 Å². The summed E-state index contributed by atoms with van der Waals surface area (Å²) >= 11 is 0. The zero-order valence-electron chi connectivity index (χ0n) is 7.79. The molecule has 0 aliphatic carbocycles. The van der Waals surface area contributed by atoms with Crippen LogP contribution in [0.25, 0.3) is 0 Å². The van der Waals surface area contributed by atoms with Gasteiger partial charge in [-0.25, -0.2) is 0 Å². The van der Waals surface area contributed by atoms with Crippen molar-refractivity contribution in [1.82, 2.24) is 5.32 Å². The van der Waals surface area contributed by atoms with Crippen LogP contribution in [0.1, 0.15) is 19.3 Å². The Morgan fingerprint density at radius 1 is 1.31 bits per heavy atom. The molecule has 2 saturated heterocycles. The molecule has 0 saturated carbocycles. The lowest BCUT2D eigenvalue weighted by Gasteiger charge is -2.44. The van der Waals surface area contributed by atoms with E-state index in [9.17, 15) is 5.11 Å². The minimum Gasteiger partial charge on any atom is -0.392 e. The molecule has 4 heteroatoms. The Bertz CT molecular complexity index is 151. The second-order valence-electron chi connectivity index (χ2n) is 3.96. The number of hydrogen-bond acceptors (Lipinski definition) is 3. The lowest BCUT2D eigenvalue weighted by molar-refractivity contribution is -0.0746. The summed E-state index contributed by atoms with van der Waals surface area (Å²) in [5.74, 6) is 0. The topological polar surface area (TPSA) is 41.5 Å². The highest BCUT2D eigenvalue weighted by atomic mass is 35.5. The molecular formula is C9H18ClNO2. The third kappa shape index (κ3) is 2.15. The van der Waals surface area contributed by atoms with E-state index in [2.05, 4.69) is 5.32 Å². The molecular weight excluding hydrogens is 190 g/mol. The highest BCUT2D eigenvalue weighted by Gasteiger charge is 2.40. The smallest absolute Gasteiger partial charge is 0.0622 e. The van der Waals surface area contributed by atoms with Crippen molar-refractivity contribution >= 4 is 12.4 Å². The second-order valence-corrected chi connectivity index (χ2v) is 3.96. The largest absolute Gasteiger partial charge is 0.392 e. The van der Waals surface area contributed by atoms with Crippen LogP contribution in [0, 0.1) is 5.41 Å². The van der Waals surface area contributed by atoms with Gasteiger partial charge in [-0.05, 0) is 25.8 Å². The average Bonchev–Trinajstić information content (AvgIpc) is 2.12. The minimum absolute atomic E-state index is 0. The summed E-state index contributed by atoms with van der Waals surface area (Å²) in [4.78, 5) is 0. The fourth-order valence-electron chi connectivity index (χ4n) is 2.29. The number of nitrogens with one attached hydrogen (secondary N) is 1. The van der Waals surface area contributed by atoms with Crippen LogP contribution in [0.5, 0.6) is 0 Å². The highest BCUT2D eigenvalue weighted by Crippen LogP contribution is 2.36. The van der Waals surface area contributed by atoms with Gasteiger partial charge in [0.15, 0.2) is 0 Å². The molecule has 0 aromatic carbocycles. The van der Waals surface area contributed by atoms with Crippen LogP contribution >= 0.6 is 12.4 Å². The van der Waals surface area contributed by atoms with E-state index in [1.807, 2.05) is 0 Å². The van der Waals surface area contributed by atoms with Crippen molar-refractivity contribution < 1.29 is 9.84 Å². The molecule has 0 aromatic heterocycles. The van der Waals surface area contributed by atoms with Crippen LogP contribution in [-0.4, -0.2) is 37.5 Å². The lowest BCUT2D eigenvalue weighted by Crippen LogP contribution is -2.52. The van der Waals surface area contributed by atoms with Crippen molar-refractivity contribution in [3.8, 4) is 0 Å². The molecule has 1 unspecified atom stereocenters. The van der Waals surface area contributed by atoms with Gasteiger partial charge in [0.1, 0.15) is 0 Å². The highest BCUT2D eigenvalue weighted by molar-refractivity contribution is 5.85. The van der Waals surface area contributed by atoms with E-state index < -0.39 is 0 Å². The van der Waals surface area contributed by atoms with Gasteiger partial charge in [0.05, 0.1) is 6.10 Å². The molecule has 1 spiro atoms. The number of aliphatic hydroxyl groups is 1. The Labute approximate surface area is 85.3 Å². The average molecular weight is 208 g/mol. The number of rotatable bonds is 0. The Hall–Kier alpha value is 0.170. The van der Waals surface area contributed by atoms with Crippen molar-refractivity contribution in [3.05, 3.63) is 0 Å². The summed E-state index contributed by atoms with van der Waals surface area (Å²) < 4.78 is 5.31. The maximum Gasteiger partial charge on any atom is 0.0622 e. The van der Waals surface area contributed by atoms with Crippen LogP contribution in [0.15, 0.2) is 0 Å². The standard InChI is InChI=1S/C9H17NO2.ClH/c11-8-1-4-10-7-9(8)2-5-12-6-3-9;/h8,10-11H,1-7H2;1H. The predicted octanol–water partition coefficient (Wildman–Crippen LogP) is 0.559. The first-order valence-electron chi connectivity index (χ1n) is 4.80. The van der Waals surface area contributed by atoms with Crippen molar-refractivity contribution in [2.75, 3.05) is 26.3 Å². The summed E-state index contributed by atoms with van der Waals surface area (Å²) in [5.41, 5.74) is 0.135. The summed E-state index contributed by atoms with van der Waals surface area (Å²) in [6.07, 6.45) is 2.82. The van der Waals surface area contributed by atoms with Gasteiger partial charge in [-0.1, -0.05) is 0 Å². The molecule has 13 heavy (non-hydrogen) atoms. The van der Waals surface area contributed by atoms with Crippen LogP contribution in [0.3, 0.4) is 0 Å². The third-order valence-electron chi connectivity index (χ3n) is 3.27. The monoisotopic (exact) mass is 207 g/mol. The van der Waals surface area contributed by atoms with E-state index in [1.54, 1.807) is 0 Å².